The molecule has 0 rings (SSSR count). The molecule has 0 amide bonds. The molecule has 6 heteroatoms. The van der Waals surface area contributed by atoms with Crippen molar-refractivity contribution in [2.45, 2.75) is 12.8 Å². The van der Waals surface area contributed by atoms with Gasteiger partial charge in [-0.15, -0.1) is 0 Å². The molecular formula is C7H15NO4S. The summed E-state index contributed by atoms with van der Waals surface area (Å²) in [5, 5.41) is 0. The first kappa shape index (κ1) is 12.4. The zero-order valence-electron chi connectivity index (χ0n) is 8.11. The highest BCUT2D eigenvalue weighted by molar-refractivity contribution is 7.89. The van der Waals surface area contributed by atoms with Gasteiger partial charge in [0.15, 0.2) is 0 Å². The normalized spacial score (nSPS) is 11.7. The predicted molar refractivity (Wildman–Crippen MR) is 48.7 cm³/mol. The molecule has 0 spiro atoms. The third kappa shape index (κ3) is 4.84. The number of carbonyl (C=O) groups is 1. The summed E-state index contributed by atoms with van der Waals surface area (Å²) >= 11 is 0. The van der Waals surface area contributed by atoms with E-state index in [1.165, 1.54) is 21.2 Å². The average Bonchev–Trinajstić information content (AvgIpc) is 2.03. The van der Waals surface area contributed by atoms with E-state index in [1.807, 2.05) is 0 Å². The van der Waals surface area contributed by atoms with Crippen LogP contribution in [0.15, 0.2) is 0 Å². The van der Waals surface area contributed by atoms with Gasteiger partial charge in [0.2, 0.25) is 10.0 Å². The summed E-state index contributed by atoms with van der Waals surface area (Å²) < 4.78 is 27.9. The largest absolute Gasteiger partial charge is 0.469 e. The van der Waals surface area contributed by atoms with Crippen molar-refractivity contribution in [2.75, 3.05) is 27.0 Å². The Labute approximate surface area is 78.7 Å². The van der Waals surface area contributed by atoms with Crippen LogP contribution in [0.2, 0.25) is 0 Å². The number of methoxy groups -OCH3 is 1. The molecule has 0 N–H and O–H groups in total. The third-order valence-corrected chi connectivity index (χ3v) is 3.48. The molecule has 0 unspecified atom stereocenters. The number of nitrogens with zero attached hydrogens (tertiary/aromatic N) is 1. The smallest absolute Gasteiger partial charge is 0.305 e. The van der Waals surface area contributed by atoms with Gasteiger partial charge in [0.25, 0.3) is 0 Å². The van der Waals surface area contributed by atoms with Crippen molar-refractivity contribution in [3.8, 4) is 0 Å². The van der Waals surface area contributed by atoms with Gasteiger partial charge < -0.3 is 4.74 Å². The Kier molecular flexibility index (Phi) is 4.94. The van der Waals surface area contributed by atoms with Crippen molar-refractivity contribution in [2.24, 2.45) is 0 Å². The van der Waals surface area contributed by atoms with Crippen LogP contribution in [0.5, 0.6) is 0 Å². The summed E-state index contributed by atoms with van der Waals surface area (Å²) in [6.45, 7) is 0. The topological polar surface area (TPSA) is 63.7 Å². The lowest BCUT2D eigenvalue weighted by molar-refractivity contribution is -0.140. The molecule has 0 saturated carbocycles. The van der Waals surface area contributed by atoms with Gasteiger partial charge in [-0.1, -0.05) is 0 Å². The molecule has 0 aromatic carbocycles. The van der Waals surface area contributed by atoms with Gasteiger partial charge in [0, 0.05) is 20.5 Å². The second-order valence-corrected chi connectivity index (χ2v) is 5.08. The maximum absolute atomic E-state index is 11.2. The number of carbonyl (C=O) groups excluding carboxylic acids is 1. The second kappa shape index (κ2) is 5.18. The van der Waals surface area contributed by atoms with Crippen LogP contribution < -0.4 is 0 Å². The van der Waals surface area contributed by atoms with E-state index in [2.05, 4.69) is 4.74 Å². The van der Waals surface area contributed by atoms with Crippen molar-refractivity contribution in [1.29, 1.82) is 0 Å². The van der Waals surface area contributed by atoms with Crippen LogP contribution >= 0.6 is 0 Å². The minimum absolute atomic E-state index is 0.0188. The SMILES string of the molecule is COC(=O)CCCS(=O)(=O)N(C)C. The molecule has 0 aromatic heterocycles. The number of sulfonamides is 1. The van der Waals surface area contributed by atoms with Crippen molar-refractivity contribution in [3.63, 3.8) is 0 Å². The Balaban J connectivity index is 3.84. The number of ether oxygens (including phenoxy) is 1. The molecule has 0 fully saturated rings. The molecule has 13 heavy (non-hydrogen) atoms. The van der Waals surface area contributed by atoms with Crippen LogP contribution in [0.3, 0.4) is 0 Å². The van der Waals surface area contributed by atoms with E-state index in [0.29, 0.717) is 6.42 Å². The molecule has 0 aliphatic carbocycles. The molecule has 0 bridgehead atoms. The molecule has 0 atom stereocenters. The van der Waals surface area contributed by atoms with E-state index in [9.17, 15) is 13.2 Å². The Hall–Kier alpha value is -0.620. The van der Waals surface area contributed by atoms with Crippen molar-refractivity contribution in [1.82, 2.24) is 4.31 Å². The van der Waals surface area contributed by atoms with Crippen LogP contribution in [0.1, 0.15) is 12.8 Å². The fraction of sp³-hybridized carbons (Fsp3) is 0.857. The lowest BCUT2D eigenvalue weighted by Gasteiger charge is -2.10. The van der Waals surface area contributed by atoms with Crippen LogP contribution in [-0.4, -0.2) is 45.7 Å². The molecule has 5 nitrogen and oxygen atoms in total. The van der Waals surface area contributed by atoms with Gasteiger partial charge >= 0.3 is 5.97 Å². The number of hydrogen-bond donors (Lipinski definition) is 0. The maximum Gasteiger partial charge on any atom is 0.305 e. The molecule has 0 aliphatic heterocycles. The van der Waals surface area contributed by atoms with E-state index in [-0.39, 0.29) is 18.1 Å². The Bertz CT molecular complexity index is 258. The zero-order valence-corrected chi connectivity index (χ0v) is 8.93. The lowest BCUT2D eigenvalue weighted by Crippen LogP contribution is -2.25. The lowest BCUT2D eigenvalue weighted by atomic mass is 10.3. The first-order chi connectivity index (χ1) is 5.90. The van der Waals surface area contributed by atoms with Gasteiger partial charge in [0.05, 0.1) is 12.9 Å². The molecule has 0 heterocycles. The quantitative estimate of drug-likeness (QED) is 0.590. The van der Waals surface area contributed by atoms with Gasteiger partial charge in [-0.2, -0.15) is 0 Å². The van der Waals surface area contributed by atoms with Crippen LogP contribution in [-0.2, 0) is 19.6 Å². The third-order valence-electron chi connectivity index (χ3n) is 1.57. The van der Waals surface area contributed by atoms with Crippen LogP contribution in [0.4, 0.5) is 0 Å². The van der Waals surface area contributed by atoms with Gasteiger partial charge in [-0.05, 0) is 6.42 Å². The van der Waals surface area contributed by atoms with Crippen molar-refractivity contribution >= 4 is 16.0 Å². The molecule has 0 aromatic rings. The second-order valence-electron chi connectivity index (χ2n) is 2.78. The fourth-order valence-electron chi connectivity index (χ4n) is 0.684. The monoisotopic (exact) mass is 209 g/mol. The number of hydrogen-bond acceptors (Lipinski definition) is 4. The van der Waals surface area contributed by atoms with E-state index in [4.69, 9.17) is 0 Å². The Morgan fingerprint density at radius 3 is 2.31 bits per heavy atom. The summed E-state index contributed by atoms with van der Waals surface area (Å²) in [7, 11) is 1.04. The maximum atomic E-state index is 11.2. The minimum Gasteiger partial charge on any atom is -0.469 e. The highest BCUT2D eigenvalue weighted by Gasteiger charge is 2.13. The van der Waals surface area contributed by atoms with Crippen LogP contribution in [0.25, 0.3) is 0 Å². The van der Waals surface area contributed by atoms with Gasteiger partial charge in [-0.25, -0.2) is 12.7 Å². The summed E-state index contributed by atoms with van der Waals surface area (Å²) in [5.74, 6) is -0.399. The summed E-state index contributed by atoms with van der Waals surface area (Å²) in [4.78, 5) is 10.6. The minimum atomic E-state index is -3.18. The fourth-order valence-corrected chi connectivity index (χ4v) is 1.56. The van der Waals surface area contributed by atoms with Gasteiger partial charge in [-0.3, -0.25) is 4.79 Å². The van der Waals surface area contributed by atoms with E-state index in [1.54, 1.807) is 0 Å². The highest BCUT2D eigenvalue weighted by atomic mass is 32.2. The molecule has 78 valence electrons. The summed E-state index contributed by atoms with van der Waals surface area (Å²) in [6, 6.07) is 0. The molecular weight excluding hydrogens is 194 g/mol. The predicted octanol–water partition coefficient (Wildman–Crippen LogP) is -0.169. The summed E-state index contributed by atoms with van der Waals surface area (Å²) in [6.07, 6.45) is 0.441. The number of rotatable bonds is 5. The first-order valence-electron chi connectivity index (χ1n) is 3.87. The van der Waals surface area contributed by atoms with Crippen molar-refractivity contribution < 1.29 is 17.9 Å². The van der Waals surface area contributed by atoms with E-state index >= 15 is 0 Å². The highest BCUT2D eigenvalue weighted by Crippen LogP contribution is 2.00. The van der Waals surface area contributed by atoms with Crippen LogP contribution in [0, 0.1) is 0 Å². The Morgan fingerprint density at radius 1 is 1.38 bits per heavy atom. The average molecular weight is 209 g/mol. The van der Waals surface area contributed by atoms with Crippen molar-refractivity contribution in [3.05, 3.63) is 0 Å². The molecule has 0 aliphatic rings. The molecule has 0 radical (unpaired) electrons. The van der Waals surface area contributed by atoms with E-state index < -0.39 is 10.0 Å². The summed E-state index contributed by atoms with van der Waals surface area (Å²) in [5.41, 5.74) is 0. The zero-order chi connectivity index (χ0) is 10.5. The first-order valence-corrected chi connectivity index (χ1v) is 5.48. The van der Waals surface area contributed by atoms with E-state index in [0.717, 1.165) is 4.31 Å². The number of esters is 1. The molecule has 0 saturated heterocycles. The van der Waals surface area contributed by atoms with Gasteiger partial charge in [0.1, 0.15) is 0 Å². The Morgan fingerprint density at radius 2 is 1.92 bits per heavy atom. The standard InChI is InChI=1S/C7H15NO4S/c1-8(2)13(10,11)6-4-5-7(9)12-3/h4-6H2,1-3H3.